The number of pyridine rings is 1. The van der Waals surface area contributed by atoms with Crippen molar-refractivity contribution in [2.75, 3.05) is 5.32 Å². The van der Waals surface area contributed by atoms with Gasteiger partial charge in [-0.25, -0.2) is 4.98 Å². The average molecular weight is 233 g/mol. The van der Waals surface area contributed by atoms with Crippen LogP contribution in [0, 0.1) is 13.8 Å². The average Bonchev–Trinajstić information content (AvgIpc) is 2.27. The number of halogens is 1. The standard InChI is InChI=1S/C13H13ClN2/c1-9-3-4-10(2)12(7-9)16-13-6-5-11(14)8-15-13/h3-8H,1-2H3,(H,15,16). The SMILES string of the molecule is Cc1ccc(C)c(Nc2ccc(Cl)cn2)c1. The van der Waals surface area contributed by atoms with E-state index in [2.05, 4.69) is 42.3 Å². The van der Waals surface area contributed by atoms with Crippen LogP contribution in [-0.4, -0.2) is 4.98 Å². The van der Waals surface area contributed by atoms with E-state index in [1.165, 1.54) is 11.1 Å². The Balaban J connectivity index is 2.26. The molecule has 0 unspecified atom stereocenters. The zero-order valence-corrected chi connectivity index (χ0v) is 10.0. The Morgan fingerprint density at radius 3 is 2.62 bits per heavy atom. The molecular formula is C13H13ClN2. The van der Waals surface area contributed by atoms with Crippen molar-refractivity contribution >= 4 is 23.1 Å². The molecule has 0 saturated carbocycles. The third-order valence-corrected chi connectivity index (χ3v) is 2.61. The molecule has 0 aliphatic rings. The molecule has 0 bridgehead atoms. The molecule has 1 N–H and O–H groups in total. The van der Waals surface area contributed by atoms with E-state index >= 15 is 0 Å². The Bertz CT molecular complexity index is 492. The minimum atomic E-state index is 0.645. The van der Waals surface area contributed by atoms with Crippen molar-refractivity contribution in [2.45, 2.75) is 13.8 Å². The third-order valence-electron chi connectivity index (χ3n) is 2.38. The number of hydrogen-bond acceptors (Lipinski definition) is 2. The first kappa shape index (κ1) is 11.0. The highest BCUT2D eigenvalue weighted by molar-refractivity contribution is 6.30. The van der Waals surface area contributed by atoms with Crippen molar-refractivity contribution in [3.05, 3.63) is 52.7 Å². The molecule has 2 rings (SSSR count). The summed E-state index contributed by atoms with van der Waals surface area (Å²) in [4.78, 5) is 4.20. The summed E-state index contributed by atoms with van der Waals surface area (Å²) in [6.45, 7) is 4.14. The van der Waals surface area contributed by atoms with Gasteiger partial charge in [-0.3, -0.25) is 0 Å². The fourth-order valence-corrected chi connectivity index (χ4v) is 1.57. The number of benzene rings is 1. The summed E-state index contributed by atoms with van der Waals surface area (Å²) >= 11 is 5.78. The first-order valence-electron chi connectivity index (χ1n) is 5.11. The van der Waals surface area contributed by atoms with Crippen molar-refractivity contribution in [3.8, 4) is 0 Å². The molecule has 0 saturated heterocycles. The molecule has 0 amide bonds. The van der Waals surface area contributed by atoms with Gasteiger partial charge in [0.05, 0.1) is 5.02 Å². The summed E-state index contributed by atoms with van der Waals surface area (Å²) in [5, 5.41) is 3.92. The Hall–Kier alpha value is -1.54. The van der Waals surface area contributed by atoms with Crippen LogP contribution in [0.2, 0.25) is 5.02 Å². The molecule has 0 fully saturated rings. The minimum absolute atomic E-state index is 0.645. The van der Waals surface area contributed by atoms with Crippen LogP contribution >= 0.6 is 11.6 Å². The zero-order valence-electron chi connectivity index (χ0n) is 9.29. The van der Waals surface area contributed by atoms with Crippen LogP contribution < -0.4 is 5.32 Å². The topological polar surface area (TPSA) is 24.9 Å². The molecule has 0 aliphatic carbocycles. The predicted molar refractivity (Wildman–Crippen MR) is 68.4 cm³/mol. The molecule has 16 heavy (non-hydrogen) atoms. The van der Waals surface area contributed by atoms with E-state index in [1.54, 1.807) is 6.20 Å². The molecule has 82 valence electrons. The number of rotatable bonds is 2. The van der Waals surface area contributed by atoms with Crippen LogP contribution in [0.25, 0.3) is 0 Å². The molecular weight excluding hydrogens is 220 g/mol. The molecule has 2 nitrogen and oxygen atoms in total. The van der Waals surface area contributed by atoms with Crippen molar-refractivity contribution in [3.63, 3.8) is 0 Å². The number of nitrogens with zero attached hydrogens (tertiary/aromatic N) is 1. The van der Waals surface area contributed by atoms with Gasteiger partial charge in [0.2, 0.25) is 0 Å². The molecule has 1 heterocycles. The number of aromatic nitrogens is 1. The van der Waals surface area contributed by atoms with Gasteiger partial charge >= 0.3 is 0 Å². The van der Waals surface area contributed by atoms with Gasteiger partial charge in [-0.1, -0.05) is 23.7 Å². The van der Waals surface area contributed by atoms with Gasteiger partial charge in [0.1, 0.15) is 5.82 Å². The van der Waals surface area contributed by atoms with Crippen molar-refractivity contribution in [1.29, 1.82) is 0 Å². The van der Waals surface area contributed by atoms with E-state index in [1.807, 2.05) is 12.1 Å². The lowest BCUT2D eigenvalue weighted by Gasteiger charge is -2.09. The normalized spacial score (nSPS) is 10.2. The number of hydrogen-bond donors (Lipinski definition) is 1. The number of nitrogens with one attached hydrogen (secondary N) is 1. The monoisotopic (exact) mass is 232 g/mol. The Kier molecular flexibility index (Phi) is 3.11. The summed E-state index contributed by atoms with van der Waals surface area (Å²) < 4.78 is 0. The highest BCUT2D eigenvalue weighted by Gasteiger charge is 2.00. The first-order chi connectivity index (χ1) is 7.65. The summed E-state index contributed by atoms with van der Waals surface area (Å²) in [6, 6.07) is 9.97. The fourth-order valence-electron chi connectivity index (χ4n) is 1.46. The Morgan fingerprint density at radius 2 is 1.94 bits per heavy atom. The predicted octanol–water partition coefficient (Wildman–Crippen LogP) is 4.10. The van der Waals surface area contributed by atoms with Gasteiger partial charge in [0, 0.05) is 11.9 Å². The van der Waals surface area contributed by atoms with E-state index in [4.69, 9.17) is 11.6 Å². The summed E-state index contributed by atoms with van der Waals surface area (Å²) in [6.07, 6.45) is 1.63. The van der Waals surface area contributed by atoms with Crippen molar-refractivity contribution in [1.82, 2.24) is 4.98 Å². The van der Waals surface area contributed by atoms with Crippen LogP contribution in [-0.2, 0) is 0 Å². The molecule has 2 aromatic rings. The maximum Gasteiger partial charge on any atom is 0.130 e. The molecule has 0 atom stereocenters. The van der Waals surface area contributed by atoms with E-state index in [0.717, 1.165) is 11.5 Å². The van der Waals surface area contributed by atoms with E-state index in [9.17, 15) is 0 Å². The minimum Gasteiger partial charge on any atom is -0.340 e. The molecule has 1 aromatic carbocycles. The lowest BCUT2D eigenvalue weighted by atomic mass is 10.1. The number of aryl methyl sites for hydroxylation is 2. The quantitative estimate of drug-likeness (QED) is 0.844. The second-order valence-electron chi connectivity index (χ2n) is 3.81. The highest BCUT2D eigenvalue weighted by Crippen LogP contribution is 2.21. The lowest BCUT2D eigenvalue weighted by molar-refractivity contribution is 1.29. The van der Waals surface area contributed by atoms with Gasteiger partial charge in [0.15, 0.2) is 0 Å². The summed E-state index contributed by atoms with van der Waals surface area (Å²) in [5.41, 5.74) is 3.50. The van der Waals surface area contributed by atoms with Crippen LogP contribution in [0.5, 0.6) is 0 Å². The van der Waals surface area contributed by atoms with E-state index in [0.29, 0.717) is 5.02 Å². The maximum absolute atomic E-state index is 5.78. The molecule has 3 heteroatoms. The third kappa shape index (κ3) is 2.52. The van der Waals surface area contributed by atoms with Gasteiger partial charge < -0.3 is 5.32 Å². The van der Waals surface area contributed by atoms with Crippen LogP contribution in [0.15, 0.2) is 36.5 Å². The van der Waals surface area contributed by atoms with E-state index in [-0.39, 0.29) is 0 Å². The van der Waals surface area contributed by atoms with Crippen LogP contribution in [0.1, 0.15) is 11.1 Å². The fraction of sp³-hybridized carbons (Fsp3) is 0.154. The maximum atomic E-state index is 5.78. The first-order valence-corrected chi connectivity index (χ1v) is 5.49. The summed E-state index contributed by atoms with van der Waals surface area (Å²) in [7, 11) is 0. The van der Waals surface area contributed by atoms with Gasteiger partial charge in [-0.2, -0.15) is 0 Å². The van der Waals surface area contributed by atoms with Crippen molar-refractivity contribution < 1.29 is 0 Å². The molecule has 0 radical (unpaired) electrons. The van der Waals surface area contributed by atoms with Crippen LogP contribution in [0.4, 0.5) is 11.5 Å². The van der Waals surface area contributed by atoms with Gasteiger partial charge in [-0.15, -0.1) is 0 Å². The largest absolute Gasteiger partial charge is 0.340 e. The zero-order chi connectivity index (χ0) is 11.5. The molecule has 1 aromatic heterocycles. The lowest BCUT2D eigenvalue weighted by Crippen LogP contribution is -1.95. The van der Waals surface area contributed by atoms with Crippen LogP contribution in [0.3, 0.4) is 0 Å². The second kappa shape index (κ2) is 4.54. The second-order valence-corrected chi connectivity index (χ2v) is 4.24. The Labute approximate surface area is 100 Å². The smallest absolute Gasteiger partial charge is 0.130 e. The van der Waals surface area contributed by atoms with Gasteiger partial charge in [-0.05, 0) is 43.2 Å². The number of anilines is 2. The summed E-state index contributed by atoms with van der Waals surface area (Å²) in [5.74, 6) is 0.804. The molecule has 0 aliphatic heterocycles. The van der Waals surface area contributed by atoms with Crippen molar-refractivity contribution in [2.24, 2.45) is 0 Å². The van der Waals surface area contributed by atoms with Gasteiger partial charge in [0.25, 0.3) is 0 Å². The molecule has 0 spiro atoms. The Morgan fingerprint density at radius 1 is 1.12 bits per heavy atom. The highest BCUT2D eigenvalue weighted by atomic mass is 35.5. The van der Waals surface area contributed by atoms with E-state index < -0.39 is 0 Å².